The molecule has 0 unspecified atom stereocenters. The molecule has 4 fully saturated rings. The zero-order valence-electron chi connectivity index (χ0n) is 22.5. The third-order valence-corrected chi connectivity index (χ3v) is 8.93. The molecule has 0 amide bonds. The molecule has 0 aromatic heterocycles. The minimum atomic E-state index is -0.451. The highest BCUT2D eigenvalue weighted by molar-refractivity contribution is 5.67. The predicted octanol–water partition coefficient (Wildman–Crippen LogP) is 5.17. The molecule has 0 aromatic carbocycles. The number of fused-ring (bicyclic) bond motifs is 4. The van der Waals surface area contributed by atoms with Gasteiger partial charge in [-0.2, -0.15) is 0 Å². The SMILES string of the molecule is C/C=C(\C)[C@H]1[C@@H](/C=C/C=C(\C)[C@@H](OC(C)=O)[C@@H](C)COC(C)=O)[C@@H]2C[C@@H]3O[C@]3(C)C[C@H]2[C@@H]2O[C@@]21C. The highest BCUT2D eigenvalue weighted by Crippen LogP contribution is 2.67. The van der Waals surface area contributed by atoms with E-state index in [0.29, 0.717) is 35.9 Å². The molecule has 2 saturated carbocycles. The molecule has 2 aliphatic carbocycles. The Morgan fingerprint density at radius 3 is 2.43 bits per heavy atom. The maximum Gasteiger partial charge on any atom is 0.303 e. The number of rotatable bonds is 8. The van der Waals surface area contributed by atoms with Crippen molar-refractivity contribution < 1.29 is 28.5 Å². The van der Waals surface area contributed by atoms with Crippen LogP contribution in [0.15, 0.2) is 35.5 Å². The van der Waals surface area contributed by atoms with E-state index >= 15 is 0 Å². The number of esters is 2. The first-order chi connectivity index (χ1) is 16.4. The highest BCUT2D eigenvalue weighted by atomic mass is 16.6. The van der Waals surface area contributed by atoms with Gasteiger partial charge in [-0.25, -0.2) is 0 Å². The summed E-state index contributed by atoms with van der Waals surface area (Å²) >= 11 is 0. The van der Waals surface area contributed by atoms with Gasteiger partial charge in [0.15, 0.2) is 0 Å². The van der Waals surface area contributed by atoms with Gasteiger partial charge in [-0.3, -0.25) is 9.59 Å². The minimum absolute atomic E-state index is 0.0383. The van der Waals surface area contributed by atoms with Crippen molar-refractivity contribution in [1.29, 1.82) is 0 Å². The van der Waals surface area contributed by atoms with Crippen LogP contribution in [-0.4, -0.2) is 48.1 Å². The third-order valence-electron chi connectivity index (χ3n) is 8.93. The topological polar surface area (TPSA) is 77.7 Å². The minimum Gasteiger partial charge on any atom is -0.465 e. The molecule has 0 bridgehead atoms. The second-order valence-electron chi connectivity index (χ2n) is 11.6. The zero-order chi connectivity index (χ0) is 25.7. The fraction of sp³-hybridized carbons (Fsp3) is 0.724. The van der Waals surface area contributed by atoms with Gasteiger partial charge < -0.3 is 18.9 Å². The molecule has 2 aliphatic heterocycles. The Hall–Kier alpha value is -1.92. The quantitative estimate of drug-likeness (QED) is 0.204. The van der Waals surface area contributed by atoms with Gasteiger partial charge >= 0.3 is 11.9 Å². The Kier molecular flexibility index (Phi) is 7.11. The summed E-state index contributed by atoms with van der Waals surface area (Å²) in [5.41, 5.74) is 2.22. The van der Waals surface area contributed by atoms with Crippen LogP contribution in [0.3, 0.4) is 0 Å². The molecule has 4 rings (SSSR count). The van der Waals surface area contributed by atoms with Crippen LogP contribution in [0.4, 0.5) is 0 Å². The Morgan fingerprint density at radius 1 is 1.09 bits per heavy atom. The first kappa shape index (κ1) is 26.2. The molecule has 6 heteroatoms. The Balaban J connectivity index is 1.57. The summed E-state index contributed by atoms with van der Waals surface area (Å²) in [4.78, 5) is 23.0. The third kappa shape index (κ3) is 5.01. The maximum absolute atomic E-state index is 11.8. The van der Waals surface area contributed by atoms with Gasteiger partial charge in [0.1, 0.15) is 6.10 Å². The van der Waals surface area contributed by atoms with E-state index in [1.54, 1.807) is 0 Å². The van der Waals surface area contributed by atoms with Crippen LogP contribution in [0.25, 0.3) is 0 Å². The Morgan fingerprint density at radius 2 is 1.80 bits per heavy atom. The average Bonchev–Trinajstić information content (AvgIpc) is 3.66. The number of carbonyl (C=O) groups is 2. The number of ether oxygens (including phenoxy) is 4. The lowest BCUT2D eigenvalue weighted by Crippen LogP contribution is -2.49. The van der Waals surface area contributed by atoms with E-state index in [2.05, 4.69) is 45.9 Å². The fourth-order valence-electron chi connectivity index (χ4n) is 7.01. The van der Waals surface area contributed by atoms with Crippen LogP contribution in [0.5, 0.6) is 0 Å². The largest absolute Gasteiger partial charge is 0.465 e. The van der Waals surface area contributed by atoms with Crippen molar-refractivity contribution in [3.63, 3.8) is 0 Å². The van der Waals surface area contributed by atoms with Crippen molar-refractivity contribution in [3.05, 3.63) is 35.5 Å². The van der Waals surface area contributed by atoms with Crippen molar-refractivity contribution in [2.75, 3.05) is 6.61 Å². The van der Waals surface area contributed by atoms with Crippen LogP contribution in [-0.2, 0) is 28.5 Å². The maximum atomic E-state index is 11.8. The average molecular weight is 487 g/mol. The standard InChI is InChI=1S/C29H42O6/c1-9-16(2)25-21(22-13-24-28(7,34-24)14-23(22)27-29(25,8)35-27)12-10-11-17(3)26(33-20(6)31)18(4)15-32-19(5)30/h9-12,18,21-27H,13-15H2,1-8H3/b12-10+,16-9+,17-11+/t18-,21-,22-,23+,24-,25-,26+,27-,28+,29+/m0/s1. The molecule has 0 spiro atoms. The van der Waals surface area contributed by atoms with E-state index in [1.165, 1.54) is 19.4 Å². The molecule has 0 N–H and O–H groups in total. The fourth-order valence-corrected chi connectivity index (χ4v) is 7.01. The second kappa shape index (κ2) is 9.51. The van der Waals surface area contributed by atoms with Gasteiger partial charge in [0.05, 0.1) is 30.0 Å². The first-order valence-corrected chi connectivity index (χ1v) is 13.0. The summed E-state index contributed by atoms with van der Waals surface area (Å²) in [6, 6.07) is 0. The number of carbonyl (C=O) groups excluding carboxylic acids is 2. The molecule has 10 atom stereocenters. The van der Waals surface area contributed by atoms with Crippen LogP contribution in [0.1, 0.15) is 68.2 Å². The van der Waals surface area contributed by atoms with Crippen LogP contribution in [0.2, 0.25) is 0 Å². The zero-order valence-corrected chi connectivity index (χ0v) is 22.5. The predicted molar refractivity (Wildman–Crippen MR) is 133 cm³/mol. The van der Waals surface area contributed by atoms with Crippen LogP contribution < -0.4 is 0 Å². The summed E-state index contributed by atoms with van der Waals surface area (Å²) in [6.45, 7) is 15.8. The molecular weight excluding hydrogens is 444 g/mol. The summed E-state index contributed by atoms with van der Waals surface area (Å²) in [5.74, 6) is 0.888. The number of hydrogen-bond acceptors (Lipinski definition) is 6. The lowest BCUT2D eigenvalue weighted by atomic mass is 9.55. The van der Waals surface area contributed by atoms with Crippen LogP contribution >= 0.6 is 0 Å². The van der Waals surface area contributed by atoms with E-state index < -0.39 is 6.10 Å². The van der Waals surface area contributed by atoms with Crippen molar-refractivity contribution in [2.45, 2.75) is 97.7 Å². The summed E-state index contributed by atoms with van der Waals surface area (Å²) < 4.78 is 23.3. The molecule has 35 heavy (non-hydrogen) atoms. The van der Waals surface area contributed by atoms with E-state index in [0.717, 1.165) is 18.4 Å². The second-order valence-corrected chi connectivity index (χ2v) is 11.6. The highest BCUT2D eigenvalue weighted by Gasteiger charge is 2.72. The van der Waals surface area contributed by atoms with Gasteiger partial charge in [0, 0.05) is 25.7 Å². The molecule has 2 heterocycles. The molecule has 194 valence electrons. The molecule has 6 nitrogen and oxygen atoms in total. The van der Waals surface area contributed by atoms with Gasteiger partial charge in [0.2, 0.25) is 0 Å². The number of allylic oxidation sites excluding steroid dienone is 4. The monoisotopic (exact) mass is 486 g/mol. The van der Waals surface area contributed by atoms with Gasteiger partial charge in [-0.15, -0.1) is 0 Å². The number of hydrogen-bond donors (Lipinski definition) is 0. The Bertz CT molecular complexity index is 949. The summed E-state index contributed by atoms with van der Waals surface area (Å²) in [7, 11) is 0. The van der Waals surface area contributed by atoms with Crippen molar-refractivity contribution in [1.82, 2.24) is 0 Å². The summed E-state index contributed by atoms with van der Waals surface area (Å²) in [6.07, 6.45) is 11.1. The van der Waals surface area contributed by atoms with E-state index in [-0.39, 0.29) is 35.7 Å². The van der Waals surface area contributed by atoms with Crippen LogP contribution in [0, 0.1) is 29.6 Å². The van der Waals surface area contributed by atoms with Gasteiger partial charge in [0.25, 0.3) is 0 Å². The summed E-state index contributed by atoms with van der Waals surface area (Å²) in [5, 5.41) is 0. The van der Waals surface area contributed by atoms with Crippen molar-refractivity contribution >= 4 is 11.9 Å². The Labute approximate surface area is 210 Å². The van der Waals surface area contributed by atoms with E-state index in [1.807, 2.05) is 19.9 Å². The molecular formula is C29H42O6. The van der Waals surface area contributed by atoms with Gasteiger partial charge in [-0.1, -0.05) is 36.8 Å². The van der Waals surface area contributed by atoms with E-state index in [4.69, 9.17) is 18.9 Å². The molecule has 0 aromatic rings. The first-order valence-electron chi connectivity index (χ1n) is 13.0. The molecule has 2 saturated heterocycles. The lowest BCUT2D eigenvalue weighted by Gasteiger charge is -2.45. The van der Waals surface area contributed by atoms with E-state index in [9.17, 15) is 9.59 Å². The van der Waals surface area contributed by atoms with Crippen molar-refractivity contribution in [3.8, 4) is 0 Å². The smallest absolute Gasteiger partial charge is 0.303 e. The molecule has 0 radical (unpaired) electrons. The lowest BCUT2D eigenvalue weighted by molar-refractivity contribution is -0.150. The number of epoxide rings is 2. The normalized spacial score (nSPS) is 41.8. The van der Waals surface area contributed by atoms with Gasteiger partial charge in [-0.05, 0) is 70.8 Å². The van der Waals surface area contributed by atoms with Crippen molar-refractivity contribution in [2.24, 2.45) is 29.6 Å². The molecule has 4 aliphatic rings.